The number of aromatic carboxylic acids is 1. The highest BCUT2D eigenvalue weighted by molar-refractivity contribution is 6.47. The lowest BCUT2D eigenvalue weighted by Gasteiger charge is -2.33. The fourth-order valence-electron chi connectivity index (χ4n) is 4.24. The summed E-state index contributed by atoms with van der Waals surface area (Å²) in [5.41, 5.74) is -0.616. The molecule has 1 unspecified atom stereocenters. The molecule has 2 atom stereocenters. The summed E-state index contributed by atoms with van der Waals surface area (Å²) in [6.45, 7) is 1.94. The summed E-state index contributed by atoms with van der Waals surface area (Å²) >= 11 is 0. The smallest absolute Gasteiger partial charge is 0.534 e. The normalized spacial score (nSPS) is 17.7. The monoisotopic (exact) mass is 543 g/mol. The molecule has 204 valence electrons. The summed E-state index contributed by atoms with van der Waals surface area (Å²) in [5, 5.41) is 34.2. The molecule has 5 amide bonds. The van der Waals surface area contributed by atoms with E-state index in [1.165, 1.54) is 23.1 Å². The fourth-order valence-corrected chi connectivity index (χ4v) is 4.24. The van der Waals surface area contributed by atoms with Crippen molar-refractivity contribution in [3.05, 3.63) is 53.1 Å². The molecule has 0 bridgehead atoms. The van der Waals surface area contributed by atoms with E-state index in [2.05, 4.69) is 15.6 Å². The van der Waals surface area contributed by atoms with E-state index in [0.29, 0.717) is 4.90 Å². The molecule has 1 saturated heterocycles. The van der Waals surface area contributed by atoms with Gasteiger partial charge in [-0.05, 0) is 37.1 Å². The number of hydrogen-bond donors (Lipinski definition) is 5. The first-order valence-electron chi connectivity index (χ1n) is 11.8. The number of pyridine rings is 1. The van der Waals surface area contributed by atoms with Crippen LogP contribution in [0.15, 0.2) is 30.5 Å². The van der Waals surface area contributed by atoms with Gasteiger partial charge in [0.1, 0.15) is 22.9 Å². The largest absolute Gasteiger partial charge is 0.547 e. The highest BCUT2D eigenvalue weighted by atomic mass is 19.1. The minimum absolute atomic E-state index is 0.0496. The summed E-state index contributed by atoms with van der Waals surface area (Å²) < 4.78 is 19.3. The third-order valence-electron chi connectivity index (χ3n) is 6.28. The predicted molar refractivity (Wildman–Crippen MR) is 129 cm³/mol. The lowest BCUT2D eigenvalue weighted by atomic mass is 9.72. The standard InChI is InChI=1S/C23H23BFN5O9/c1-2-29-7-8-30(21(34)20(29)33)23(37)28-17(14-6-4-12(31)10-26-14)19(32)27-15-9-11-3-5-13(25)16(22(35)36)18(11)39-24(15)38/h3-6,10,15,17,31,38H,2,7-9H2,1H3,(H,27,32)(H,28,37)(H,35,36)/t15-,17?/m0/s1. The number of nitrogens with one attached hydrogen (secondary N) is 2. The molecule has 5 N–H and O–H groups in total. The number of benzene rings is 1. The van der Waals surface area contributed by atoms with Gasteiger partial charge < -0.3 is 35.4 Å². The number of imide groups is 1. The summed E-state index contributed by atoms with van der Waals surface area (Å²) in [6.07, 6.45) is 0.867. The van der Waals surface area contributed by atoms with Crippen molar-refractivity contribution in [2.75, 3.05) is 19.6 Å². The van der Waals surface area contributed by atoms with E-state index >= 15 is 0 Å². The Morgan fingerprint density at radius 2 is 1.95 bits per heavy atom. The highest BCUT2D eigenvalue weighted by Gasteiger charge is 2.41. The molecule has 1 fully saturated rings. The Morgan fingerprint density at radius 1 is 1.21 bits per heavy atom. The number of rotatable bonds is 6. The van der Waals surface area contributed by atoms with Crippen molar-refractivity contribution in [2.24, 2.45) is 0 Å². The van der Waals surface area contributed by atoms with Crippen molar-refractivity contribution in [2.45, 2.75) is 25.3 Å². The third kappa shape index (κ3) is 5.45. The van der Waals surface area contributed by atoms with Crippen molar-refractivity contribution in [1.82, 2.24) is 25.4 Å². The predicted octanol–water partition coefficient (Wildman–Crippen LogP) is -0.794. The molecule has 0 spiro atoms. The quantitative estimate of drug-likeness (QED) is 0.227. The molecule has 1 aromatic heterocycles. The molecule has 3 heterocycles. The Hall–Kier alpha value is -4.73. The average Bonchev–Trinajstić information content (AvgIpc) is 2.89. The van der Waals surface area contributed by atoms with E-state index in [9.17, 15) is 43.6 Å². The highest BCUT2D eigenvalue weighted by Crippen LogP contribution is 2.32. The molecular formula is C23H23BFN5O9. The van der Waals surface area contributed by atoms with Gasteiger partial charge in [0.25, 0.3) is 0 Å². The zero-order valence-electron chi connectivity index (χ0n) is 20.5. The van der Waals surface area contributed by atoms with Crippen LogP contribution in [-0.4, -0.2) is 92.4 Å². The number of likely N-dealkylation sites (N-methyl/N-ethyl adjacent to an activating group) is 1. The van der Waals surface area contributed by atoms with Crippen LogP contribution in [0.25, 0.3) is 0 Å². The van der Waals surface area contributed by atoms with Crippen molar-refractivity contribution >= 4 is 36.8 Å². The number of piperazine rings is 1. The molecule has 4 rings (SSSR count). The van der Waals surface area contributed by atoms with Crippen LogP contribution in [0.5, 0.6) is 11.5 Å². The van der Waals surface area contributed by atoms with Crippen LogP contribution in [0.1, 0.15) is 34.6 Å². The number of nitrogens with zero attached hydrogens (tertiary/aromatic N) is 3. The molecule has 0 saturated carbocycles. The maximum absolute atomic E-state index is 14.0. The van der Waals surface area contributed by atoms with E-state index in [4.69, 9.17) is 4.65 Å². The Bertz CT molecular complexity index is 1340. The Kier molecular flexibility index (Phi) is 7.67. The Balaban J connectivity index is 1.56. The zero-order chi connectivity index (χ0) is 28.4. The maximum atomic E-state index is 14.0. The summed E-state index contributed by atoms with van der Waals surface area (Å²) in [5.74, 6) is -7.30. The maximum Gasteiger partial charge on any atom is 0.547 e. The van der Waals surface area contributed by atoms with Gasteiger partial charge in [0.05, 0.1) is 17.8 Å². The van der Waals surface area contributed by atoms with Crippen molar-refractivity contribution in [3.63, 3.8) is 0 Å². The lowest BCUT2D eigenvalue weighted by molar-refractivity contribution is -0.153. The number of carboxylic acids is 1. The van der Waals surface area contributed by atoms with Crippen molar-refractivity contribution in [1.29, 1.82) is 0 Å². The fraction of sp³-hybridized carbons (Fsp3) is 0.304. The first-order valence-corrected chi connectivity index (χ1v) is 11.8. The van der Waals surface area contributed by atoms with E-state index in [0.717, 1.165) is 12.3 Å². The number of carbonyl (C=O) groups excluding carboxylic acids is 4. The number of halogens is 1. The first kappa shape index (κ1) is 27.3. The van der Waals surface area contributed by atoms with Gasteiger partial charge in [-0.3, -0.25) is 24.3 Å². The number of carboxylic acid groups (broad SMARTS) is 1. The number of aromatic nitrogens is 1. The van der Waals surface area contributed by atoms with Crippen LogP contribution in [-0.2, 0) is 20.8 Å². The van der Waals surface area contributed by atoms with Gasteiger partial charge in [-0.2, -0.15) is 0 Å². The molecular weight excluding hydrogens is 520 g/mol. The average molecular weight is 543 g/mol. The number of aromatic hydroxyl groups is 1. The van der Waals surface area contributed by atoms with Crippen LogP contribution in [0.4, 0.5) is 9.18 Å². The summed E-state index contributed by atoms with van der Waals surface area (Å²) in [7, 11) is -1.79. The van der Waals surface area contributed by atoms with Crippen LogP contribution in [0.2, 0.25) is 0 Å². The Labute approximate surface area is 220 Å². The second kappa shape index (κ2) is 10.9. The van der Waals surface area contributed by atoms with Crippen LogP contribution in [0.3, 0.4) is 0 Å². The van der Waals surface area contributed by atoms with Crippen LogP contribution in [0, 0.1) is 5.82 Å². The van der Waals surface area contributed by atoms with E-state index in [1.807, 2.05) is 0 Å². The first-order chi connectivity index (χ1) is 18.5. The Morgan fingerprint density at radius 3 is 2.59 bits per heavy atom. The van der Waals surface area contributed by atoms with Gasteiger partial charge in [0.2, 0.25) is 5.91 Å². The zero-order valence-corrected chi connectivity index (χ0v) is 20.5. The van der Waals surface area contributed by atoms with Gasteiger partial charge >= 0.3 is 30.9 Å². The van der Waals surface area contributed by atoms with Crippen LogP contribution >= 0.6 is 0 Å². The molecule has 2 aliphatic heterocycles. The second-order valence-corrected chi connectivity index (χ2v) is 8.71. The molecule has 14 nitrogen and oxygen atoms in total. The molecule has 0 radical (unpaired) electrons. The van der Waals surface area contributed by atoms with Gasteiger partial charge in [-0.15, -0.1) is 0 Å². The second-order valence-electron chi connectivity index (χ2n) is 8.71. The summed E-state index contributed by atoms with van der Waals surface area (Å²) in [6, 6.07) is 2.02. The number of fused-ring (bicyclic) bond motifs is 1. The molecule has 39 heavy (non-hydrogen) atoms. The molecule has 16 heteroatoms. The van der Waals surface area contributed by atoms with E-state index < -0.39 is 60.2 Å². The van der Waals surface area contributed by atoms with Crippen molar-refractivity contribution in [3.8, 4) is 11.5 Å². The molecule has 1 aromatic carbocycles. The minimum atomic E-state index is -1.79. The number of amides is 5. The lowest BCUT2D eigenvalue weighted by Crippen LogP contribution is -2.60. The van der Waals surface area contributed by atoms with E-state index in [1.54, 1.807) is 6.92 Å². The van der Waals surface area contributed by atoms with Gasteiger partial charge in [-0.1, -0.05) is 6.07 Å². The van der Waals surface area contributed by atoms with Gasteiger partial charge in [0, 0.05) is 19.6 Å². The topological polar surface area (TPSA) is 199 Å². The van der Waals surface area contributed by atoms with Gasteiger partial charge in [-0.25, -0.2) is 14.0 Å². The summed E-state index contributed by atoms with van der Waals surface area (Å²) in [4.78, 5) is 68.3. The van der Waals surface area contributed by atoms with Crippen LogP contribution < -0.4 is 15.3 Å². The van der Waals surface area contributed by atoms with Gasteiger partial charge in [0.15, 0.2) is 6.04 Å². The number of carbonyl (C=O) groups is 5. The van der Waals surface area contributed by atoms with Crippen molar-refractivity contribution < 1.29 is 48.3 Å². The number of urea groups is 1. The number of hydrogen-bond acceptors (Lipinski definition) is 9. The third-order valence-corrected chi connectivity index (χ3v) is 6.28. The minimum Gasteiger partial charge on any atom is -0.534 e. The molecule has 0 aliphatic carbocycles. The SMILES string of the molecule is CCN1CCN(C(=O)NC(C(=O)N[C@H]2Cc3ccc(F)c(C(=O)O)c3OB2O)c2ccc(O)cn2)C(=O)C1=O. The van der Waals surface area contributed by atoms with E-state index in [-0.39, 0.29) is 48.8 Å². The molecule has 2 aromatic rings. The molecule has 2 aliphatic rings.